The van der Waals surface area contributed by atoms with Gasteiger partial charge < -0.3 is 18.9 Å². The van der Waals surface area contributed by atoms with Gasteiger partial charge in [0.25, 0.3) is 0 Å². The second kappa shape index (κ2) is 12.8. The minimum absolute atomic E-state index is 0.0629. The molecule has 4 nitrogen and oxygen atoms in total. The smallest absolute Gasteiger partial charge is 0.416 e. The largest absolute Gasteiger partial charge is 0.496 e. The average molecular weight is 406 g/mol. The van der Waals surface area contributed by atoms with E-state index in [-0.39, 0.29) is 31.7 Å². The molecule has 0 saturated carbocycles. The lowest BCUT2D eigenvalue weighted by molar-refractivity contribution is -0.0934. The monoisotopic (exact) mass is 406 g/mol. The summed E-state index contributed by atoms with van der Waals surface area (Å²) in [5.41, 5.74) is -3.11. The second-order valence-electron chi connectivity index (χ2n) is 5.15. The van der Waals surface area contributed by atoms with E-state index in [2.05, 4.69) is 6.58 Å². The maximum absolute atomic E-state index is 12.8. The van der Waals surface area contributed by atoms with Crippen molar-refractivity contribution in [3.63, 3.8) is 0 Å². The van der Waals surface area contributed by atoms with Gasteiger partial charge in [0.1, 0.15) is 6.61 Å². The van der Waals surface area contributed by atoms with Gasteiger partial charge in [-0.3, -0.25) is 0 Å². The molecule has 0 heterocycles. The number of hydrogen-bond acceptors (Lipinski definition) is 4. The lowest BCUT2D eigenvalue weighted by Crippen LogP contribution is -2.15. The summed E-state index contributed by atoms with van der Waals surface area (Å²) in [4.78, 5) is 0. The summed E-state index contributed by atoms with van der Waals surface area (Å²) < 4.78 is 96.1. The summed E-state index contributed by atoms with van der Waals surface area (Å²) >= 11 is 0. The van der Waals surface area contributed by atoms with Gasteiger partial charge in [0, 0.05) is 12.2 Å². The van der Waals surface area contributed by atoms with Crippen LogP contribution < -0.4 is 0 Å². The highest BCUT2D eigenvalue weighted by molar-refractivity contribution is 5.34. The molecule has 0 radical (unpaired) electrons. The maximum atomic E-state index is 12.8. The fourth-order valence-corrected chi connectivity index (χ4v) is 1.58. The van der Waals surface area contributed by atoms with Crippen LogP contribution >= 0.6 is 0 Å². The molecule has 0 atom stereocenters. The van der Waals surface area contributed by atoms with Crippen molar-refractivity contribution >= 4 is 0 Å². The van der Waals surface area contributed by atoms with Crippen molar-refractivity contribution in [1.82, 2.24) is 0 Å². The number of ether oxygens (including phenoxy) is 4. The Labute approximate surface area is 154 Å². The van der Waals surface area contributed by atoms with E-state index in [1.165, 1.54) is 6.92 Å². The number of allylic oxidation sites excluding steroid dienone is 5. The molecule has 0 unspecified atom stereocenters. The summed E-state index contributed by atoms with van der Waals surface area (Å²) in [7, 11) is 0. The van der Waals surface area contributed by atoms with E-state index in [0.29, 0.717) is 32.5 Å². The van der Waals surface area contributed by atoms with Crippen LogP contribution in [-0.4, -0.2) is 58.6 Å². The zero-order valence-corrected chi connectivity index (χ0v) is 15.2. The van der Waals surface area contributed by atoms with E-state index < -0.39 is 23.5 Å². The van der Waals surface area contributed by atoms with Crippen LogP contribution in [0.4, 0.5) is 26.3 Å². The quantitative estimate of drug-likeness (QED) is 0.194. The Morgan fingerprint density at radius 1 is 0.778 bits per heavy atom. The Bertz CT molecular complexity index is 495. The maximum Gasteiger partial charge on any atom is 0.416 e. The first kappa shape index (κ1) is 25.5. The zero-order valence-electron chi connectivity index (χ0n) is 15.2. The molecule has 0 bridgehead atoms. The van der Waals surface area contributed by atoms with Crippen LogP contribution in [0.2, 0.25) is 0 Å². The molecule has 0 aliphatic heterocycles. The molecule has 27 heavy (non-hydrogen) atoms. The Balaban J connectivity index is 4.32. The van der Waals surface area contributed by atoms with Gasteiger partial charge >= 0.3 is 12.4 Å². The molecule has 0 aliphatic rings. The molecule has 10 heteroatoms. The first-order valence-electron chi connectivity index (χ1n) is 8.07. The van der Waals surface area contributed by atoms with Crippen molar-refractivity contribution in [3.8, 4) is 0 Å². The van der Waals surface area contributed by atoms with E-state index in [4.69, 9.17) is 18.9 Å². The molecule has 0 N–H and O–H groups in total. The summed E-state index contributed by atoms with van der Waals surface area (Å²) in [6.07, 6.45) is -9.51. The zero-order chi connectivity index (χ0) is 20.9. The predicted octanol–water partition coefficient (Wildman–Crippen LogP) is 4.58. The second-order valence-corrected chi connectivity index (χ2v) is 5.15. The Hall–Kier alpha value is -1.52. The van der Waals surface area contributed by atoms with E-state index in [1.54, 1.807) is 0 Å². The highest BCUT2D eigenvalue weighted by Crippen LogP contribution is 2.32. The Kier molecular flexibility index (Phi) is 12.1. The number of rotatable bonds is 13. The molecule has 0 spiro atoms. The molecule has 0 aromatic rings. The molecule has 0 rings (SSSR count). The molecule has 0 aliphatic carbocycles. The highest BCUT2D eigenvalue weighted by Gasteiger charge is 2.36. The van der Waals surface area contributed by atoms with Crippen molar-refractivity contribution in [2.24, 2.45) is 0 Å². The SMILES string of the molecule is C=C(/C=C(\C=C(/C)OCCOCCOCCOCC)C(F)(F)F)C(F)(F)F. The highest BCUT2D eigenvalue weighted by atomic mass is 19.4. The van der Waals surface area contributed by atoms with Gasteiger partial charge in [0.05, 0.1) is 44.4 Å². The average Bonchev–Trinajstić information content (AvgIpc) is 2.54. The normalized spacial score (nSPS) is 13.8. The summed E-state index contributed by atoms with van der Waals surface area (Å²) in [5.74, 6) is -0.204. The minimum Gasteiger partial charge on any atom is -0.496 e. The Morgan fingerprint density at radius 2 is 1.26 bits per heavy atom. The number of hydrogen-bond donors (Lipinski definition) is 0. The van der Waals surface area contributed by atoms with Gasteiger partial charge in [-0.1, -0.05) is 6.58 Å². The first-order chi connectivity index (χ1) is 12.5. The van der Waals surface area contributed by atoms with Crippen LogP contribution in [0.1, 0.15) is 13.8 Å². The predicted molar refractivity (Wildman–Crippen MR) is 87.2 cm³/mol. The summed E-state index contributed by atoms with van der Waals surface area (Å²) in [5, 5.41) is 0. The lowest BCUT2D eigenvalue weighted by atomic mass is 10.1. The van der Waals surface area contributed by atoms with E-state index in [9.17, 15) is 26.3 Å². The third-order valence-electron chi connectivity index (χ3n) is 2.89. The van der Waals surface area contributed by atoms with Gasteiger partial charge in [-0.15, -0.1) is 0 Å². The van der Waals surface area contributed by atoms with Crippen molar-refractivity contribution in [1.29, 1.82) is 0 Å². The van der Waals surface area contributed by atoms with E-state index in [1.807, 2.05) is 6.92 Å². The van der Waals surface area contributed by atoms with Crippen LogP contribution in [-0.2, 0) is 18.9 Å². The molecular weight excluding hydrogens is 382 g/mol. The van der Waals surface area contributed by atoms with Crippen LogP contribution in [0.3, 0.4) is 0 Å². The van der Waals surface area contributed by atoms with E-state index in [0.717, 1.165) is 0 Å². The molecule has 0 fully saturated rings. The fourth-order valence-electron chi connectivity index (χ4n) is 1.58. The Morgan fingerprint density at radius 3 is 1.70 bits per heavy atom. The van der Waals surface area contributed by atoms with Crippen LogP contribution in [0.25, 0.3) is 0 Å². The van der Waals surface area contributed by atoms with Crippen molar-refractivity contribution in [3.05, 3.63) is 35.6 Å². The van der Waals surface area contributed by atoms with Gasteiger partial charge in [0.15, 0.2) is 0 Å². The van der Waals surface area contributed by atoms with Crippen molar-refractivity contribution in [2.75, 3.05) is 46.2 Å². The summed E-state index contributed by atoms with van der Waals surface area (Å²) in [6.45, 7) is 7.76. The standard InChI is InChI=1S/C17H24F6O4/c1-4-24-5-6-25-7-8-26-9-10-27-14(3)12-15(17(21,22)23)11-13(2)16(18,19)20/h11-12H,2,4-10H2,1,3H3/b14-12+,15-11+. The molecule has 0 aromatic carbocycles. The topological polar surface area (TPSA) is 36.9 Å². The molecular formula is C17H24F6O4. The third-order valence-corrected chi connectivity index (χ3v) is 2.89. The molecule has 0 aromatic heterocycles. The van der Waals surface area contributed by atoms with Gasteiger partial charge in [0.2, 0.25) is 0 Å². The van der Waals surface area contributed by atoms with Crippen molar-refractivity contribution < 1.29 is 45.3 Å². The van der Waals surface area contributed by atoms with Gasteiger partial charge in [-0.2, -0.15) is 26.3 Å². The van der Waals surface area contributed by atoms with Gasteiger partial charge in [-0.05, 0) is 26.0 Å². The van der Waals surface area contributed by atoms with Crippen LogP contribution in [0.15, 0.2) is 35.6 Å². The molecule has 0 saturated heterocycles. The third kappa shape index (κ3) is 13.3. The van der Waals surface area contributed by atoms with Gasteiger partial charge in [-0.25, -0.2) is 0 Å². The number of alkyl halides is 6. The molecule has 158 valence electrons. The lowest BCUT2D eigenvalue weighted by Gasteiger charge is -2.13. The fraction of sp³-hybridized carbons (Fsp3) is 0.647. The summed E-state index contributed by atoms with van der Waals surface area (Å²) in [6, 6.07) is 0. The van der Waals surface area contributed by atoms with Crippen LogP contribution in [0, 0.1) is 0 Å². The minimum atomic E-state index is -4.98. The molecule has 0 amide bonds. The first-order valence-corrected chi connectivity index (χ1v) is 8.07. The van der Waals surface area contributed by atoms with E-state index >= 15 is 0 Å². The van der Waals surface area contributed by atoms with Crippen molar-refractivity contribution in [2.45, 2.75) is 26.2 Å². The van der Waals surface area contributed by atoms with Crippen LogP contribution in [0.5, 0.6) is 0 Å². The number of halogens is 6.